The van der Waals surface area contributed by atoms with Crippen molar-refractivity contribution in [2.24, 2.45) is 0 Å². The second-order valence-corrected chi connectivity index (χ2v) is 4.20. The number of nitrogens with one attached hydrogen (secondary N) is 1. The van der Waals surface area contributed by atoms with Gasteiger partial charge in [0.25, 0.3) is 0 Å². The fourth-order valence-corrected chi connectivity index (χ4v) is 2.08. The van der Waals surface area contributed by atoms with Crippen molar-refractivity contribution in [3.8, 4) is 0 Å². The molecule has 1 atom stereocenters. The number of hydrogen-bond donors (Lipinski definition) is 2. The molecule has 1 fully saturated rings. The third kappa shape index (κ3) is 3.25. The van der Waals surface area contributed by atoms with Crippen LogP contribution >= 0.6 is 0 Å². The largest absolute Gasteiger partial charge is 0.480 e. The molecule has 1 aromatic rings. The molecule has 2 N–H and O–H groups in total. The number of carboxylic acid groups (broad SMARTS) is 1. The van der Waals surface area contributed by atoms with Crippen LogP contribution in [0.25, 0.3) is 0 Å². The minimum atomic E-state index is -0.744. The maximum atomic E-state index is 11.1. The number of carbonyl (C=O) groups is 1. The van der Waals surface area contributed by atoms with E-state index in [2.05, 4.69) is 10.3 Å². The first-order chi connectivity index (χ1) is 8.27. The SMILES string of the molecule is O=C(O)C1CNCCN1CCc1ccncc1. The summed E-state index contributed by atoms with van der Waals surface area (Å²) in [4.78, 5) is 17.1. The van der Waals surface area contributed by atoms with Gasteiger partial charge in [-0.15, -0.1) is 0 Å². The van der Waals surface area contributed by atoms with Crippen molar-refractivity contribution in [1.29, 1.82) is 0 Å². The molecule has 0 saturated carbocycles. The van der Waals surface area contributed by atoms with Gasteiger partial charge in [0.15, 0.2) is 0 Å². The normalized spacial score (nSPS) is 21.3. The Hall–Kier alpha value is -1.46. The molecule has 0 bridgehead atoms. The molecular weight excluding hydrogens is 218 g/mol. The van der Waals surface area contributed by atoms with E-state index in [1.807, 2.05) is 17.0 Å². The lowest BCUT2D eigenvalue weighted by molar-refractivity contribution is -0.143. The van der Waals surface area contributed by atoms with Crippen molar-refractivity contribution >= 4 is 5.97 Å². The average Bonchev–Trinajstić information content (AvgIpc) is 2.38. The smallest absolute Gasteiger partial charge is 0.322 e. The molecule has 1 aromatic heterocycles. The summed E-state index contributed by atoms with van der Waals surface area (Å²) in [5.74, 6) is -0.744. The minimum Gasteiger partial charge on any atom is -0.480 e. The Morgan fingerprint density at radius 2 is 2.29 bits per heavy atom. The molecule has 1 saturated heterocycles. The molecule has 2 rings (SSSR count). The van der Waals surface area contributed by atoms with Crippen LogP contribution in [0.5, 0.6) is 0 Å². The molecule has 0 amide bonds. The summed E-state index contributed by atoms with van der Waals surface area (Å²) in [5, 5.41) is 12.2. The molecule has 17 heavy (non-hydrogen) atoms. The Morgan fingerprint density at radius 3 is 3.00 bits per heavy atom. The van der Waals surface area contributed by atoms with Crippen LogP contribution in [0.4, 0.5) is 0 Å². The zero-order chi connectivity index (χ0) is 12.1. The summed E-state index contributed by atoms with van der Waals surface area (Å²) in [5.41, 5.74) is 1.20. The number of pyridine rings is 1. The predicted molar refractivity (Wildman–Crippen MR) is 63.8 cm³/mol. The van der Waals surface area contributed by atoms with E-state index in [0.717, 1.165) is 26.1 Å². The Kier molecular flexibility index (Phi) is 4.06. The number of nitrogens with zero attached hydrogens (tertiary/aromatic N) is 2. The average molecular weight is 235 g/mol. The number of piperazine rings is 1. The third-order valence-corrected chi connectivity index (χ3v) is 3.08. The summed E-state index contributed by atoms with van der Waals surface area (Å²) in [7, 11) is 0. The molecule has 2 heterocycles. The lowest BCUT2D eigenvalue weighted by Gasteiger charge is -2.33. The van der Waals surface area contributed by atoms with E-state index in [0.29, 0.717) is 6.54 Å². The maximum absolute atomic E-state index is 11.1. The van der Waals surface area contributed by atoms with E-state index in [1.165, 1.54) is 5.56 Å². The van der Waals surface area contributed by atoms with Gasteiger partial charge in [-0.1, -0.05) is 0 Å². The summed E-state index contributed by atoms with van der Waals surface area (Å²) in [6, 6.07) is 3.54. The maximum Gasteiger partial charge on any atom is 0.322 e. The topological polar surface area (TPSA) is 65.5 Å². The fraction of sp³-hybridized carbons (Fsp3) is 0.500. The molecule has 0 aliphatic carbocycles. The van der Waals surface area contributed by atoms with Gasteiger partial charge >= 0.3 is 5.97 Å². The van der Waals surface area contributed by atoms with Gasteiger partial charge in [-0.25, -0.2) is 0 Å². The van der Waals surface area contributed by atoms with Gasteiger partial charge in [0.1, 0.15) is 6.04 Å². The van der Waals surface area contributed by atoms with Gasteiger partial charge in [-0.3, -0.25) is 14.7 Å². The lowest BCUT2D eigenvalue weighted by atomic mass is 10.1. The number of carboxylic acids is 1. The van der Waals surface area contributed by atoms with Gasteiger partial charge in [-0.05, 0) is 24.1 Å². The van der Waals surface area contributed by atoms with E-state index < -0.39 is 12.0 Å². The molecule has 1 aliphatic heterocycles. The van der Waals surface area contributed by atoms with Crippen LogP contribution < -0.4 is 5.32 Å². The van der Waals surface area contributed by atoms with E-state index in [9.17, 15) is 4.79 Å². The zero-order valence-corrected chi connectivity index (χ0v) is 9.67. The van der Waals surface area contributed by atoms with Crippen molar-refractivity contribution in [3.63, 3.8) is 0 Å². The standard InChI is InChI=1S/C12H17N3O2/c16-12(17)11-9-14-6-8-15(11)7-3-10-1-4-13-5-2-10/h1-2,4-5,11,14H,3,6-9H2,(H,16,17). The number of hydrogen-bond acceptors (Lipinski definition) is 4. The second-order valence-electron chi connectivity index (χ2n) is 4.20. The van der Waals surface area contributed by atoms with Crippen molar-refractivity contribution in [1.82, 2.24) is 15.2 Å². The highest BCUT2D eigenvalue weighted by molar-refractivity contribution is 5.73. The predicted octanol–water partition coefficient (Wildman–Crippen LogP) is -0.0175. The van der Waals surface area contributed by atoms with Gasteiger partial charge in [0.2, 0.25) is 0 Å². The van der Waals surface area contributed by atoms with Crippen molar-refractivity contribution in [2.75, 3.05) is 26.2 Å². The molecule has 5 heteroatoms. The Bertz CT molecular complexity index is 369. The van der Waals surface area contributed by atoms with Crippen molar-refractivity contribution in [3.05, 3.63) is 30.1 Å². The summed E-state index contributed by atoms with van der Waals surface area (Å²) in [6.45, 7) is 2.97. The van der Waals surface area contributed by atoms with E-state index in [4.69, 9.17) is 5.11 Å². The molecular formula is C12H17N3O2. The summed E-state index contributed by atoms with van der Waals surface area (Å²) >= 11 is 0. The highest BCUT2D eigenvalue weighted by Crippen LogP contribution is 2.06. The van der Waals surface area contributed by atoms with Crippen LogP contribution in [0.1, 0.15) is 5.56 Å². The van der Waals surface area contributed by atoms with Crippen LogP contribution in [0.15, 0.2) is 24.5 Å². The first kappa shape index (κ1) is 12.0. The van der Waals surface area contributed by atoms with Gasteiger partial charge in [-0.2, -0.15) is 0 Å². The highest BCUT2D eigenvalue weighted by Gasteiger charge is 2.27. The molecule has 5 nitrogen and oxygen atoms in total. The Balaban J connectivity index is 1.90. The lowest BCUT2D eigenvalue weighted by Crippen LogP contribution is -2.55. The van der Waals surface area contributed by atoms with Crippen molar-refractivity contribution < 1.29 is 9.90 Å². The molecule has 0 aromatic carbocycles. The van der Waals surface area contributed by atoms with Crippen LogP contribution in [0, 0.1) is 0 Å². The van der Waals surface area contributed by atoms with Gasteiger partial charge in [0, 0.05) is 38.6 Å². The van der Waals surface area contributed by atoms with Gasteiger partial charge in [0.05, 0.1) is 0 Å². The number of rotatable bonds is 4. The molecule has 1 aliphatic rings. The highest BCUT2D eigenvalue weighted by atomic mass is 16.4. The first-order valence-electron chi connectivity index (χ1n) is 5.84. The number of aromatic nitrogens is 1. The minimum absolute atomic E-state index is 0.398. The monoisotopic (exact) mass is 235 g/mol. The first-order valence-corrected chi connectivity index (χ1v) is 5.84. The molecule has 0 spiro atoms. The molecule has 92 valence electrons. The summed E-state index contributed by atoms with van der Waals surface area (Å²) in [6.07, 6.45) is 4.40. The summed E-state index contributed by atoms with van der Waals surface area (Å²) < 4.78 is 0. The Labute approximate surface area is 100 Å². The fourth-order valence-electron chi connectivity index (χ4n) is 2.08. The van der Waals surface area contributed by atoms with Crippen molar-refractivity contribution in [2.45, 2.75) is 12.5 Å². The van der Waals surface area contributed by atoms with Crippen LogP contribution in [0.2, 0.25) is 0 Å². The quantitative estimate of drug-likeness (QED) is 0.768. The van der Waals surface area contributed by atoms with E-state index in [-0.39, 0.29) is 0 Å². The van der Waals surface area contributed by atoms with Gasteiger partial charge < -0.3 is 10.4 Å². The van der Waals surface area contributed by atoms with Crippen LogP contribution in [-0.4, -0.2) is 53.2 Å². The van der Waals surface area contributed by atoms with Crippen LogP contribution in [-0.2, 0) is 11.2 Å². The van der Waals surface area contributed by atoms with Crippen LogP contribution in [0.3, 0.4) is 0 Å². The zero-order valence-electron chi connectivity index (χ0n) is 9.67. The van der Waals surface area contributed by atoms with E-state index in [1.54, 1.807) is 12.4 Å². The third-order valence-electron chi connectivity index (χ3n) is 3.08. The molecule has 0 radical (unpaired) electrons. The Morgan fingerprint density at radius 1 is 1.53 bits per heavy atom. The second kappa shape index (κ2) is 5.75. The molecule has 1 unspecified atom stereocenters. The van der Waals surface area contributed by atoms with E-state index >= 15 is 0 Å². The number of aliphatic carboxylic acids is 1.